The molecule has 4 saturated heterocycles. The molecule has 4 N–H and O–H groups in total. The summed E-state index contributed by atoms with van der Waals surface area (Å²) in [6.45, 7) is 2.24. The number of amides is 8. The lowest BCUT2D eigenvalue weighted by Crippen LogP contribution is -2.44. The fourth-order valence-electron chi connectivity index (χ4n) is 12.0. The van der Waals surface area contributed by atoms with Crippen LogP contribution in [0.25, 0.3) is 0 Å². The second kappa shape index (κ2) is 36.8. The van der Waals surface area contributed by atoms with Gasteiger partial charge >= 0.3 is 0 Å². The van der Waals surface area contributed by atoms with Crippen LogP contribution < -0.4 is 53.2 Å². The summed E-state index contributed by atoms with van der Waals surface area (Å²) < 4.78 is 10.4. The first kappa shape index (κ1) is 77.8. The molecule has 34 heteroatoms. The summed E-state index contributed by atoms with van der Waals surface area (Å²) in [5, 5.41) is 11.2. The van der Waals surface area contributed by atoms with Gasteiger partial charge in [-0.15, -0.1) is 9.46 Å². The van der Waals surface area contributed by atoms with Crippen molar-refractivity contribution in [2.45, 2.75) is 51.7 Å². The van der Waals surface area contributed by atoms with Gasteiger partial charge in [-0.3, -0.25) is 72.2 Å². The molecule has 4 aliphatic rings. The third-order valence-electron chi connectivity index (χ3n) is 17.9. The maximum absolute atomic E-state index is 14.2. The van der Waals surface area contributed by atoms with Crippen LogP contribution in [0.3, 0.4) is 0 Å². The largest absolute Gasteiger partial charge is 0.405 e. The maximum atomic E-state index is 14.2. The smallest absolute Gasteiger partial charge is 0.296 e. The van der Waals surface area contributed by atoms with E-state index in [1.807, 2.05) is 21.9 Å². The van der Waals surface area contributed by atoms with E-state index in [9.17, 15) is 57.5 Å². The van der Waals surface area contributed by atoms with Crippen molar-refractivity contribution < 1.29 is 52.8 Å². The molecule has 0 aliphatic carbocycles. The highest BCUT2D eigenvalue weighted by Crippen LogP contribution is 2.22. The quantitative estimate of drug-likeness (QED) is 0.0348. The van der Waals surface area contributed by atoms with Crippen LogP contribution in [0.5, 0.6) is 0 Å². The zero-order valence-corrected chi connectivity index (χ0v) is 61.8. The first-order chi connectivity index (χ1) is 50.6. The normalized spacial score (nSPS) is 14.4. The van der Waals surface area contributed by atoms with E-state index >= 15 is 0 Å². The van der Waals surface area contributed by atoms with E-state index < -0.39 is 69.5 Å². The summed E-state index contributed by atoms with van der Waals surface area (Å²) in [6.07, 6.45) is 3.55. The highest BCUT2D eigenvalue weighted by molar-refractivity contribution is 8.23. The van der Waals surface area contributed by atoms with Gasteiger partial charge in [0, 0.05) is 131 Å². The van der Waals surface area contributed by atoms with Crippen molar-refractivity contribution in [1.29, 1.82) is 0 Å². The van der Waals surface area contributed by atoms with Crippen molar-refractivity contribution in [3.05, 3.63) is 207 Å². The lowest BCUT2D eigenvalue weighted by molar-refractivity contribution is 0.0642. The second-order valence-corrected chi connectivity index (χ2v) is 27.9. The van der Waals surface area contributed by atoms with Crippen LogP contribution in [0.1, 0.15) is 133 Å². The van der Waals surface area contributed by atoms with Crippen molar-refractivity contribution in [3.8, 4) is 0 Å². The lowest BCUT2D eigenvalue weighted by Gasteiger charge is -2.25. The molecule has 0 radical (unpaired) electrons. The average Bonchev–Trinajstić information content (AvgIpc) is 1.72. The topological polar surface area (TPSA) is 320 Å². The van der Waals surface area contributed by atoms with Crippen LogP contribution in [0.15, 0.2) is 128 Å². The van der Waals surface area contributed by atoms with E-state index in [1.165, 1.54) is 94.0 Å². The molecule has 0 atom stereocenters. The number of rotatable bonds is 32. The molecule has 0 spiro atoms. The highest BCUT2D eigenvalue weighted by atomic mass is 32.2. The van der Waals surface area contributed by atoms with Crippen LogP contribution in [-0.4, -0.2) is 225 Å². The van der Waals surface area contributed by atoms with Crippen LogP contribution in [0.2, 0.25) is 0 Å². The summed E-state index contributed by atoms with van der Waals surface area (Å²) in [6, 6.07) is 28.4. The number of carbonyl (C=O) groups is 8. The average molecular weight is 1530 g/mol. The number of nitrogens with zero attached hydrogens (tertiary/aromatic N) is 10. The van der Waals surface area contributed by atoms with Crippen LogP contribution >= 0.6 is 60.6 Å². The van der Waals surface area contributed by atoms with Gasteiger partial charge in [-0.25, -0.2) is 0 Å². The van der Waals surface area contributed by atoms with Gasteiger partial charge in [-0.1, -0.05) is 121 Å². The highest BCUT2D eigenvalue weighted by Gasteiger charge is 2.33. The van der Waals surface area contributed by atoms with Gasteiger partial charge in [-0.05, 0) is 78.9 Å². The molecule has 552 valence electrons. The number of thiocarbonyl (C=S) groups is 4. The molecule has 29 nitrogen and oxygen atoms in total. The van der Waals surface area contributed by atoms with Gasteiger partial charge in [-0.2, -0.15) is 0 Å². The fraction of sp³-hybridized carbons (Fsp3) is 0.380. The number of benzene rings is 2. The zero-order valence-electron chi connectivity index (χ0n) is 57.7. The molecule has 8 amide bonds. The molecule has 8 heterocycles. The van der Waals surface area contributed by atoms with E-state index in [-0.39, 0.29) is 137 Å². The Bertz CT molecular complexity index is 4630. The summed E-state index contributed by atoms with van der Waals surface area (Å²) in [4.78, 5) is 188. The molecule has 4 aliphatic heterocycles. The molecule has 6 aromatic rings. The Morgan fingerprint density at radius 1 is 0.410 bits per heavy atom. The molecule has 105 heavy (non-hydrogen) atoms. The Kier molecular flexibility index (Phi) is 27.2. The number of hydrogen-bond acceptors (Lipinski definition) is 22. The molecular formula is C71H78N14O15S5. The Balaban J connectivity index is 0.828. The van der Waals surface area contributed by atoms with Gasteiger partial charge in [0.2, 0.25) is 0 Å². The Labute approximate surface area is 628 Å². The van der Waals surface area contributed by atoms with E-state index in [2.05, 4.69) is 21.3 Å². The first-order valence-corrected chi connectivity index (χ1v) is 36.7. The van der Waals surface area contributed by atoms with Crippen molar-refractivity contribution >= 4 is 127 Å². The molecule has 0 bridgehead atoms. The van der Waals surface area contributed by atoms with Gasteiger partial charge in [0.05, 0.1) is 28.2 Å². The van der Waals surface area contributed by atoms with Crippen molar-refractivity contribution in [2.75, 3.05) is 111 Å². The monoisotopic (exact) mass is 1530 g/mol. The molecular weight excluding hydrogens is 1450 g/mol. The SMILES string of the molecule is Cn1c(C(=O)NCCN(CCNC(=O)c2ccc(C(=O)N3CCCC3=S)n(OCc3ccccc3)c2=O)CCOCCN(CCNC(=O)c2ccc(C(=O)N3CCSC3=S)n(C)c2=O)CCNC(=O)c2ccc(C(=O)N3CCCC3=S)c(=O)n2OCc2ccccc2)ccc(C(=O)N2CCCC2=S)c1=O. The predicted octanol–water partition coefficient (Wildman–Crippen LogP) is 2.47. The minimum absolute atomic E-state index is 0.0138. The van der Waals surface area contributed by atoms with Crippen LogP contribution in [0.4, 0.5) is 0 Å². The number of likely N-dealkylation sites (tertiary alicyclic amines) is 3. The summed E-state index contributed by atoms with van der Waals surface area (Å²) in [5.74, 6) is -4.38. The Morgan fingerprint density at radius 3 is 1.25 bits per heavy atom. The lowest BCUT2D eigenvalue weighted by atomic mass is 10.2. The maximum Gasteiger partial charge on any atom is 0.296 e. The van der Waals surface area contributed by atoms with Crippen LogP contribution in [0, 0.1) is 0 Å². The molecule has 10 rings (SSSR count). The molecule has 0 unspecified atom stereocenters. The second-order valence-electron chi connectivity index (χ2n) is 24.7. The summed E-state index contributed by atoms with van der Waals surface area (Å²) in [7, 11) is 2.78. The number of ether oxygens (including phenoxy) is 1. The summed E-state index contributed by atoms with van der Waals surface area (Å²) >= 11 is 22.9. The van der Waals surface area contributed by atoms with E-state index in [0.717, 1.165) is 18.6 Å². The van der Waals surface area contributed by atoms with E-state index in [0.29, 0.717) is 101 Å². The number of nitrogens with one attached hydrogen (secondary N) is 4. The van der Waals surface area contributed by atoms with Crippen molar-refractivity contribution in [1.82, 2.24) is 69.3 Å². The molecule has 2 aromatic carbocycles. The Morgan fingerprint density at radius 2 is 0.781 bits per heavy atom. The van der Waals surface area contributed by atoms with Gasteiger partial charge in [0.15, 0.2) is 0 Å². The zero-order chi connectivity index (χ0) is 74.8. The number of pyridine rings is 4. The third kappa shape index (κ3) is 19.2. The minimum atomic E-state index is -0.886. The molecule has 4 fully saturated rings. The standard InChI is InChI=1S/C71H78N14O15S5/c1-76-52(23-21-50(64(76)91)65(92)80-31-9-16-56(80)101)61(88)74-29-36-78(35-28-73-60(87)49-20-26-55(70(97)82-33-11-18-58(82)103)85(67(49)94)100-45-47-14-7-4-8-15-47)38-41-98-42-39-79(34-27-72-59(86)48-19-25-54(77(2)63(48)90)69(96)83-40-43-105-71(83)104)37-30-75-62(89)53-24-22-51(66(93)81-32-10-17-57(81)102)68(95)84(53)99-44-46-12-5-3-6-13-46/h3-8,12-15,19-26H,9-11,16-18,27-45H2,1-2H3,(H,72,86)(H,73,87)(H,74,88)(H,75,89). The number of aromatic nitrogens is 4. The minimum Gasteiger partial charge on any atom is -0.405 e. The van der Waals surface area contributed by atoms with Gasteiger partial charge in [0.25, 0.3) is 69.5 Å². The van der Waals surface area contributed by atoms with Gasteiger partial charge in [0.1, 0.15) is 62.6 Å². The van der Waals surface area contributed by atoms with Crippen molar-refractivity contribution in [3.63, 3.8) is 0 Å². The van der Waals surface area contributed by atoms with Gasteiger partial charge < -0.3 is 59.5 Å². The van der Waals surface area contributed by atoms with E-state index in [4.69, 9.17) is 63.3 Å². The number of carbonyl (C=O) groups excluding carboxylic acids is 8. The first-order valence-electron chi connectivity index (χ1n) is 34.1. The Hall–Kier alpha value is -9.81. The van der Waals surface area contributed by atoms with E-state index in [1.54, 1.807) is 48.5 Å². The number of hydrogen-bond donors (Lipinski definition) is 4. The predicted molar refractivity (Wildman–Crippen MR) is 406 cm³/mol. The van der Waals surface area contributed by atoms with Crippen molar-refractivity contribution in [2.24, 2.45) is 14.1 Å². The molecule has 0 saturated carbocycles. The summed E-state index contributed by atoms with van der Waals surface area (Å²) in [5.41, 5.74) is -2.98. The molecule has 4 aromatic heterocycles. The van der Waals surface area contributed by atoms with Crippen LogP contribution in [-0.2, 0) is 32.0 Å². The third-order valence-corrected chi connectivity index (χ3v) is 20.6. The number of thioether (sulfide) groups is 1. The fourth-order valence-corrected chi connectivity index (χ4v) is 14.2.